The van der Waals surface area contributed by atoms with Crippen LogP contribution in [0.4, 0.5) is 0 Å². The summed E-state index contributed by atoms with van der Waals surface area (Å²) < 4.78 is 6.21. The van der Waals surface area contributed by atoms with Crippen molar-refractivity contribution in [1.29, 1.82) is 0 Å². The maximum Gasteiger partial charge on any atom is 0.136 e. The lowest BCUT2D eigenvalue weighted by molar-refractivity contribution is -0.125. The van der Waals surface area contributed by atoms with Gasteiger partial charge in [0.25, 0.3) is 0 Å². The molecular formula is C17H23BrO2. The fourth-order valence-corrected chi connectivity index (χ4v) is 3.66. The second-order valence-corrected chi connectivity index (χ2v) is 6.97. The van der Waals surface area contributed by atoms with E-state index in [9.17, 15) is 4.79 Å². The highest BCUT2D eigenvalue weighted by atomic mass is 79.9. The third kappa shape index (κ3) is 3.63. The molecule has 2 rings (SSSR count). The van der Waals surface area contributed by atoms with Gasteiger partial charge in [0, 0.05) is 12.3 Å². The normalized spacial score (nSPS) is 23.1. The third-order valence-corrected chi connectivity index (χ3v) is 5.06. The number of hydrogen-bond acceptors (Lipinski definition) is 2. The van der Waals surface area contributed by atoms with E-state index in [0.717, 1.165) is 35.9 Å². The molecule has 1 saturated carbocycles. The predicted octanol–water partition coefficient (Wildman–Crippen LogP) is 4.64. The molecule has 2 nitrogen and oxygen atoms in total. The molecule has 1 aliphatic rings. The zero-order valence-electron chi connectivity index (χ0n) is 12.5. The molecule has 1 aromatic rings. The van der Waals surface area contributed by atoms with Crippen LogP contribution >= 0.6 is 15.9 Å². The third-order valence-electron chi connectivity index (χ3n) is 4.45. The van der Waals surface area contributed by atoms with E-state index in [0.29, 0.717) is 17.6 Å². The van der Waals surface area contributed by atoms with Gasteiger partial charge in [-0.2, -0.15) is 0 Å². The first-order chi connectivity index (χ1) is 9.51. The Kier molecular flexibility index (Phi) is 5.25. The minimum absolute atomic E-state index is 0.191. The van der Waals surface area contributed by atoms with Gasteiger partial charge in [0.2, 0.25) is 0 Å². The molecule has 110 valence electrons. The number of ketones is 1. The van der Waals surface area contributed by atoms with Crippen LogP contribution in [0.25, 0.3) is 0 Å². The standard InChI is InChI=1S/C17H23BrO2/c1-11(2)13-5-6-16(19)14(10-13)8-12-4-7-17(20-3)15(18)9-12/h4,7,9,11,13-14H,5-6,8,10H2,1-3H3. The van der Waals surface area contributed by atoms with E-state index in [-0.39, 0.29) is 5.92 Å². The highest BCUT2D eigenvalue weighted by Crippen LogP contribution is 2.34. The number of ether oxygens (including phenoxy) is 1. The van der Waals surface area contributed by atoms with Gasteiger partial charge < -0.3 is 4.74 Å². The maximum atomic E-state index is 12.1. The molecule has 0 N–H and O–H groups in total. The molecule has 2 unspecified atom stereocenters. The van der Waals surface area contributed by atoms with Crippen LogP contribution < -0.4 is 4.74 Å². The lowest BCUT2D eigenvalue weighted by atomic mass is 9.73. The molecule has 0 heterocycles. The zero-order valence-corrected chi connectivity index (χ0v) is 14.1. The smallest absolute Gasteiger partial charge is 0.136 e. The molecule has 0 aliphatic heterocycles. The van der Waals surface area contributed by atoms with E-state index >= 15 is 0 Å². The molecule has 1 aliphatic carbocycles. The number of halogens is 1. The number of carbonyl (C=O) groups is 1. The first-order valence-corrected chi connectivity index (χ1v) is 8.15. The summed E-state index contributed by atoms with van der Waals surface area (Å²) in [7, 11) is 1.66. The molecule has 0 amide bonds. The monoisotopic (exact) mass is 338 g/mol. The van der Waals surface area contributed by atoms with Gasteiger partial charge in [0.15, 0.2) is 0 Å². The second kappa shape index (κ2) is 6.75. The van der Waals surface area contributed by atoms with Crippen molar-refractivity contribution in [1.82, 2.24) is 0 Å². The number of carbonyl (C=O) groups excluding carboxylic acids is 1. The Morgan fingerprint density at radius 2 is 2.15 bits per heavy atom. The molecule has 3 heteroatoms. The minimum atomic E-state index is 0.191. The number of methoxy groups -OCH3 is 1. The molecule has 0 aromatic heterocycles. The van der Waals surface area contributed by atoms with Gasteiger partial charge in [0.1, 0.15) is 11.5 Å². The lowest BCUT2D eigenvalue weighted by Gasteiger charge is -2.30. The van der Waals surface area contributed by atoms with Crippen LogP contribution in [0.15, 0.2) is 22.7 Å². The Morgan fingerprint density at radius 1 is 1.40 bits per heavy atom. The lowest BCUT2D eigenvalue weighted by Crippen LogP contribution is -2.28. The fraction of sp³-hybridized carbons (Fsp3) is 0.588. The Hall–Kier alpha value is -0.830. The zero-order chi connectivity index (χ0) is 14.7. The average molecular weight is 339 g/mol. The molecule has 0 saturated heterocycles. The largest absolute Gasteiger partial charge is 0.496 e. The quantitative estimate of drug-likeness (QED) is 0.799. The Balaban J connectivity index is 2.07. The van der Waals surface area contributed by atoms with Gasteiger partial charge in [-0.1, -0.05) is 19.9 Å². The Bertz CT molecular complexity index is 482. The summed E-state index contributed by atoms with van der Waals surface area (Å²) in [6, 6.07) is 6.10. The van der Waals surface area contributed by atoms with E-state index < -0.39 is 0 Å². The Morgan fingerprint density at radius 3 is 2.75 bits per heavy atom. The topological polar surface area (TPSA) is 26.3 Å². The minimum Gasteiger partial charge on any atom is -0.496 e. The van der Waals surface area contributed by atoms with Crippen molar-refractivity contribution < 1.29 is 9.53 Å². The van der Waals surface area contributed by atoms with Gasteiger partial charge in [-0.25, -0.2) is 0 Å². The first kappa shape index (κ1) is 15.6. The van der Waals surface area contributed by atoms with Crippen LogP contribution in [0.5, 0.6) is 5.75 Å². The average Bonchev–Trinajstić information content (AvgIpc) is 2.41. The van der Waals surface area contributed by atoms with Crippen LogP contribution in [0.3, 0.4) is 0 Å². The van der Waals surface area contributed by atoms with Crippen molar-refractivity contribution in [3.8, 4) is 5.75 Å². The van der Waals surface area contributed by atoms with Crippen LogP contribution in [0.2, 0.25) is 0 Å². The predicted molar refractivity (Wildman–Crippen MR) is 85.1 cm³/mol. The molecule has 2 atom stereocenters. The van der Waals surface area contributed by atoms with Crippen molar-refractivity contribution in [2.75, 3.05) is 7.11 Å². The molecule has 1 aromatic carbocycles. The number of rotatable bonds is 4. The van der Waals surface area contributed by atoms with Gasteiger partial charge in [-0.05, 0) is 64.7 Å². The summed E-state index contributed by atoms with van der Waals surface area (Å²) in [6.45, 7) is 4.53. The van der Waals surface area contributed by atoms with Crippen molar-refractivity contribution in [3.05, 3.63) is 28.2 Å². The number of benzene rings is 1. The number of hydrogen-bond donors (Lipinski definition) is 0. The summed E-state index contributed by atoms with van der Waals surface area (Å²) in [5.41, 5.74) is 1.21. The van der Waals surface area contributed by atoms with Crippen molar-refractivity contribution in [3.63, 3.8) is 0 Å². The first-order valence-electron chi connectivity index (χ1n) is 7.36. The Labute approximate surface area is 130 Å². The van der Waals surface area contributed by atoms with Gasteiger partial charge in [0.05, 0.1) is 11.6 Å². The van der Waals surface area contributed by atoms with Crippen LogP contribution in [0.1, 0.15) is 38.7 Å². The van der Waals surface area contributed by atoms with Crippen molar-refractivity contribution in [2.45, 2.75) is 39.5 Å². The van der Waals surface area contributed by atoms with Crippen LogP contribution in [-0.2, 0) is 11.2 Å². The van der Waals surface area contributed by atoms with E-state index in [2.05, 4.69) is 41.9 Å². The van der Waals surface area contributed by atoms with Crippen LogP contribution in [0, 0.1) is 17.8 Å². The summed E-state index contributed by atoms with van der Waals surface area (Å²) in [5, 5.41) is 0. The molecular weight excluding hydrogens is 316 g/mol. The van der Waals surface area contributed by atoms with E-state index in [1.807, 2.05) is 6.07 Å². The SMILES string of the molecule is COc1ccc(CC2CC(C(C)C)CCC2=O)cc1Br. The van der Waals surface area contributed by atoms with E-state index in [1.54, 1.807) is 7.11 Å². The summed E-state index contributed by atoms with van der Waals surface area (Å²) in [4.78, 5) is 12.1. The van der Waals surface area contributed by atoms with E-state index in [4.69, 9.17) is 4.74 Å². The maximum absolute atomic E-state index is 12.1. The van der Waals surface area contributed by atoms with Gasteiger partial charge in [-0.3, -0.25) is 4.79 Å². The van der Waals surface area contributed by atoms with Gasteiger partial charge >= 0.3 is 0 Å². The van der Waals surface area contributed by atoms with Crippen molar-refractivity contribution >= 4 is 21.7 Å². The highest BCUT2D eigenvalue weighted by molar-refractivity contribution is 9.10. The van der Waals surface area contributed by atoms with Crippen LogP contribution in [-0.4, -0.2) is 12.9 Å². The molecule has 1 fully saturated rings. The fourth-order valence-electron chi connectivity index (χ4n) is 3.07. The van der Waals surface area contributed by atoms with Gasteiger partial charge in [-0.15, -0.1) is 0 Å². The highest BCUT2D eigenvalue weighted by Gasteiger charge is 2.30. The van der Waals surface area contributed by atoms with Crippen molar-refractivity contribution in [2.24, 2.45) is 17.8 Å². The molecule has 0 radical (unpaired) electrons. The summed E-state index contributed by atoms with van der Waals surface area (Å²) >= 11 is 3.51. The molecule has 0 bridgehead atoms. The van der Waals surface area contributed by atoms with E-state index in [1.165, 1.54) is 5.56 Å². The summed E-state index contributed by atoms with van der Waals surface area (Å²) in [6.07, 6.45) is 3.72. The second-order valence-electron chi connectivity index (χ2n) is 6.11. The summed E-state index contributed by atoms with van der Waals surface area (Å²) in [5.74, 6) is 2.83. The molecule has 20 heavy (non-hydrogen) atoms. The molecule has 0 spiro atoms. The number of Topliss-reactive ketones (excluding diaryl/α,β-unsaturated/α-hetero) is 1.